The average molecular weight is 256 g/mol. The van der Waals surface area contributed by atoms with Gasteiger partial charge in [0.25, 0.3) is 0 Å². The van der Waals surface area contributed by atoms with Gasteiger partial charge in [-0.05, 0) is 44.4 Å². The smallest absolute Gasteiger partial charge is 0.239 e. The summed E-state index contributed by atoms with van der Waals surface area (Å²) in [6.45, 7) is 4.18. The highest BCUT2D eigenvalue weighted by Crippen LogP contribution is 2.28. The van der Waals surface area contributed by atoms with Gasteiger partial charge in [0.1, 0.15) is 0 Å². The molecule has 98 valence electrons. The van der Waals surface area contributed by atoms with E-state index in [1.54, 1.807) is 0 Å². The highest BCUT2D eigenvalue weighted by atomic mass is 32.2. The summed E-state index contributed by atoms with van der Waals surface area (Å²) >= 11 is 2.04. The quantitative estimate of drug-likeness (QED) is 0.834. The van der Waals surface area contributed by atoms with E-state index in [0.29, 0.717) is 17.1 Å². The lowest BCUT2D eigenvalue weighted by Gasteiger charge is -2.27. The van der Waals surface area contributed by atoms with Gasteiger partial charge >= 0.3 is 0 Å². The summed E-state index contributed by atoms with van der Waals surface area (Å²) in [5.41, 5.74) is 0. The molecule has 17 heavy (non-hydrogen) atoms. The number of nitrogens with one attached hydrogen (secondary N) is 1. The van der Waals surface area contributed by atoms with Crippen LogP contribution in [-0.2, 0) is 4.79 Å². The summed E-state index contributed by atoms with van der Waals surface area (Å²) in [7, 11) is 1.90. The monoisotopic (exact) mass is 256 g/mol. The first-order chi connectivity index (χ1) is 8.20. The van der Waals surface area contributed by atoms with Crippen molar-refractivity contribution in [2.75, 3.05) is 25.9 Å². The fourth-order valence-corrected chi connectivity index (χ4v) is 4.10. The Morgan fingerprint density at radius 3 is 2.88 bits per heavy atom. The third-order valence-corrected chi connectivity index (χ3v) is 5.27. The maximum Gasteiger partial charge on any atom is 0.239 e. The van der Waals surface area contributed by atoms with Gasteiger partial charge in [-0.3, -0.25) is 4.79 Å². The van der Waals surface area contributed by atoms with Crippen molar-refractivity contribution in [3.05, 3.63) is 0 Å². The number of hydrogen-bond donors (Lipinski definition) is 1. The molecule has 0 aromatic carbocycles. The lowest BCUT2D eigenvalue weighted by molar-refractivity contribution is -0.133. The number of hydrogen-bond acceptors (Lipinski definition) is 3. The van der Waals surface area contributed by atoms with E-state index >= 15 is 0 Å². The van der Waals surface area contributed by atoms with E-state index in [0.717, 1.165) is 25.9 Å². The van der Waals surface area contributed by atoms with E-state index < -0.39 is 0 Å². The fourth-order valence-electron chi connectivity index (χ4n) is 2.82. The summed E-state index contributed by atoms with van der Waals surface area (Å²) in [6, 6.07) is 0.0475. The van der Waals surface area contributed by atoms with Crippen LogP contribution in [0, 0.1) is 5.92 Å². The fraction of sp³-hybridized carbons (Fsp3) is 0.923. The molecule has 2 heterocycles. The van der Waals surface area contributed by atoms with Gasteiger partial charge in [0.2, 0.25) is 5.91 Å². The molecule has 0 aromatic rings. The van der Waals surface area contributed by atoms with Crippen LogP contribution in [0.5, 0.6) is 0 Å². The molecule has 4 heteroatoms. The van der Waals surface area contributed by atoms with Crippen LogP contribution < -0.4 is 5.32 Å². The molecule has 3 atom stereocenters. The minimum Gasteiger partial charge on any atom is -0.340 e. The van der Waals surface area contributed by atoms with Gasteiger partial charge in [0, 0.05) is 18.3 Å². The molecule has 0 spiro atoms. The largest absolute Gasteiger partial charge is 0.340 e. The van der Waals surface area contributed by atoms with Gasteiger partial charge in [0.15, 0.2) is 0 Å². The number of amides is 1. The minimum absolute atomic E-state index is 0.0475. The van der Waals surface area contributed by atoms with Crippen LogP contribution in [0.25, 0.3) is 0 Å². The van der Waals surface area contributed by atoms with Crippen molar-refractivity contribution in [2.24, 2.45) is 5.92 Å². The second kappa shape index (κ2) is 6.10. The molecule has 0 radical (unpaired) electrons. The second-order valence-corrected chi connectivity index (χ2v) is 6.81. The Kier molecular flexibility index (Phi) is 4.74. The van der Waals surface area contributed by atoms with Gasteiger partial charge in [0.05, 0.1) is 6.04 Å². The summed E-state index contributed by atoms with van der Waals surface area (Å²) in [4.78, 5) is 14.5. The first kappa shape index (κ1) is 13.2. The highest BCUT2D eigenvalue weighted by molar-refractivity contribution is 8.00. The van der Waals surface area contributed by atoms with Crippen LogP contribution in [0.4, 0.5) is 0 Å². The van der Waals surface area contributed by atoms with Crippen molar-refractivity contribution in [3.63, 3.8) is 0 Å². The molecular formula is C13H24N2OS. The van der Waals surface area contributed by atoms with Gasteiger partial charge in [-0.1, -0.05) is 6.92 Å². The SMILES string of the molecule is CNC1CCC(C)CN(CC2CCCS2)C1=O. The second-order valence-electron chi connectivity index (χ2n) is 5.40. The molecule has 2 aliphatic rings. The van der Waals surface area contributed by atoms with Crippen molar-refractivity contribution >= 4 is 17.7 Å². The standard InChI is InChI=1S/C13H24N2OS/c1-10-5-6-12(14-2)13(16)15(8-10)9-11-4-3-7-17-11/h10-12,14H,3-9H2,1-2H3. The lowest BCUT2D eigenvalue weighted by Crippen LogP contribution is -2.46. The molecule has 0 aliphatic carbocycles. The number of thioether (sulfide) groups is 1. The number of rotatable bonds is 3. The van der Waals surface area contributed by atoms with Crippen LogP contribution in [0.15, 0.2) is 0 Å². The molecule has 2 saturated heterocycles. The molecule has 3 unspecified atom stereocenters. The van der Waals surface area contributed by atoms with Gasteiger partial charge in [-0.2, -0.15) is 11.8 Å². The summed E-state index contributed by atoms with van der Waals surface area (Å²) in [5, 5.41) is 3.85. The number of carbonyl (C=O) groups excluding carboxylic acids is 1. The Labute approximate surface area is 109 Å². The Balaban J connectivity index is 1.98. The molecule has 2 fully saturated rings. The van der Waals surface area contributed by atoms with Crippen molar-refractivity contribution in [2.45, 2.75) is 43.9 Å². The first-order valence-corrected chi connectivity index (χ1v) is 7.83. The number of nitrogens with zero attached hydrogens (tertiary/aromatic N) is 1. The Bertz CT molecular complexity index is 266. The van der Waals surface area contributed by atoms with Crippen LogP contribution in [0.3, 0.4) is 0 Å². The molecule has 0 bridgehead atoms. The molecule has 3 nitrogen and oxygen atoms in total. The molecule has 2 rings (SSSR count). The lowest BCUT2D eigenvalue weighted by atomic mass is 10.0. The molecular weight excluding hydrogens is 232 g/mol. The third kappa shape index (κ3) is 3.38. The maximum absolute atomic E-state index is 12.4. The molecule has 1 amide bonds. The van der Waals surface area contributed by atoms with E-state index in [1.165, 1.54) is 18.6 Å². The minimum atomic E-state index is 0.0475. The Morgan fingerprint density at radius 2 is 2.24 bits per heavy atom. The molecule has 0 saturated carbocycles. The zero-order valence-electron chi connectivity index (χ0n) is 10.9. The average Bonchev–Trinajstić information content (AvgIpc) is 2.77. The van der Waals surface area contributed by atoms with E-state index in [-0.39, 0.29) is 6.04 Å². The summed E-state index contributed by atoms with van der Waals surface area (Å²) < 4.78 is 0. The van der Waals surface area contributed by atoms with Gasteiger partial charge in [-0.15, -0.1) is 0 Å². The van der Waals surface area contributed by atoms with Crippen LogP contribution in [0.1, 0.15) is 32.6 Å². The Hall–Kier alpha value is -0.220. The topological polar surface area (TPSA) is 32.3 Å². The summed E-state index contributed by atoms with van der Waals surface area (Å²) in [6.07, 6.45) is 4.76. The van der Waals surface area contributed by atoms with E-state index in [9.17, 15) is 4.79 Å². The van der Waals surface area contributed by atoms with Crippen molar-refractivity contribution in [1.29, 1.82) is 0 Å². The molecule has 0 aromatic heterocycles. The van der Waals surface area contributed by atoms with Gasteiger partial charge in [-0.25, -0.2) is 0 Å². The molecule has 2 aliphatic heterocycles. The van der Waals surface area contributed by atoms with Crippen molar-refractivity contribution < 1.29 is 4.79 Å². The number of carbonyl (C=O) groups is 1. The normalized spacial score (nSPS) is 35.1. The maximum atomic E-state index is 12.4. The predicted molar refractivity (Wildman–Crippen MR) is 73.3 cm³/mol. The molecule has 1 N–H and O–H groups in total. The number of likely N-dealkylation sites (N-methyl/N-ethyl adjacent to an activating group) is 1. The van der Waals surface area contributed by atoms with Crippen molar-refractivity contribution in [3.8, 4) is 0 Å². The van der Waals surface area contributed by atoms with E-state index in [4.69, 9.17) is 0 Å². The van der Waals surface area contributed by atoms with Crippen LogP contribution >= 0.6 is 11.8 Å². The van der Waals surface area contributed by atoms with Gasteiger partial charge < -0.3 is 10.2 Å². The van der Waals surface area contributed by atoms with Crippen LogP contribution in [0.2, 0.25) is 0 Å². The first-order valence-electron chi connectivity index (χ1n) is 6.78. The number of likely N-dealkylation sites (tertiary alicyclic amines) is 1. The van der Waals surface area contributed by atoms with E-state index in [2.05, 4.69) is 17.1 Å². The van der Waals surface area contributed by atoms with Crippen molar-refractivity contribution in [1.82, 2.24) is 10.2 Å². The zero-order valence-corrected chi connectivity index (χ0v) is 11.8. The highest BCUT2D eigenvalue weighted by Gasteiger charge is 2.30. The van der Waals surface area contributed by atoms with Crippen LogP contribution in [-0.4, -0.2) is 48.0 Å². The summed E-state index contributed by atoms with van der Waals surface area (Å²) in [5.74, 6) is 2.24. The zero-order chi connectivity index (χ0) is 12.3. The predicted octanol–water partition coefficient (Wildman–Crippen LogP) is 1.73. The van der Waals surface area contributed by atoms with E-state index in [1.807, 2.05) is 18.8 Å². The third-order valence-electron chi connectivity index (χ3n) is 3.89. The Morgan fingerprint density at radius 1 is 1.41 bits per heavy atom.